The molecule has 0 radical (unpaired) electrons. The summed E-state index contributed by atoms with van der Waals surface area (Å²) in [5.74, 6) is 1.20. The highest BCUT2D eigenvalue weighted by molar-refractivity contribution is 7.99. The Morgan fingerprint density at radius 3 is 3.08 bits per heavy atom. The van der Waals surface area contributed by atoms with Crippen LogP contribution in [0.2, 0.25) is 0 Å². The number of likely N-dealkylation sites (N-methyl/N-ethyl adjacent to an activating group) is 1. The Balaban J connectivity index is 2.19. The van der Waals surface area contributed by atoms with Crippen LogP contribution in [0.4, 0.5) is 0 Å². The van der Waals surface area contributed by atoms with Crippen molar-refractivity contribution in [3.63, 3.8) is 0 Å². The van der Waals surface area contributed by atoms with E-state index in [0.29, 0.717) is 6.54 Å². The maximum Gasteiger partial charge on any atom is 0.0791 e. The SMILES string of the molecule is CNCC(O)CN1CCSC(C)C1. The summed E-state index contributed by atoms with van der Waals surface area (Å²) in [4.78, 5) is 2.35. The lowest BCUT2D eigenvalue weighted by atomic mass is 10.3. The van der Waals surface area contributed by atoms with Gasteiger partial charge in [0.15, 0.2) is 0 Å². The molecule has 1 fully saturated rings. The number of hydrogen-bond donors (Lipinski definition) is 2. The molecule has 1 saturated heterocycles. The van der Waals surface area contributed by atoms with Gasteiger partial charge in [-0.3, -0.25) is 4.90 Å². The number of aliphatic hydroxyl groups is 1. The Bertz CT molecular complexity index is 146. The Hall–Kier alpha value is 0.230. The third-order valence-corrected chi connectivity index (χ3v) is 3.37. The largest absolute Gasteiger partial charge is 0.390 e. The summed E-state index contributed by atoms with van der Waals surface area (Å²) in [6.45, 7) is 5.99. The molecular weight excluding hydrogens is 184 g/mol. The maximum atomic E-state index is 9.58. The molecule has 1 aliphatic heterocycles. The average Bonchev–Trinajstić information content (AvgIpc) is 2.04. The second-order valence-electron chi connectivity index (χ2n) is 3.65. The van der Waals surface area contributed by atoms with E-state index in [1.807, 2.05) is 18.8 Å². The molecule has 3 nitrogen and oxygen atoms in total. The second kappa shape index (κ2) is 5.86. The molecule has 78 valence electrons. The van der Waals surface area contributed by atoms with E-state index in [9.17, 15) is 5.11 Å². The number of aliphatic hydroxyl groups excluding tert-OH is 1. The van der Waals surface area contributed by atoms with Gasteiger partial charge in [0.1, 0.15) is 0 Å². The molecule has 0 aromatic carbocycles. The number of thioether (sulfide) groups is 1. The summed E-state index contributed by atoms with van der Waals surface area (Å²) in [7, 11) is 1.87. The van der Waals surface area contributed by atoms with Crippen LogP contribution in [0, 0.1) is 0 Å². The van der Waals surface area contributed by atoms with E-state index in [2.05, 4.69) is 17.1 Å². The Morgan fingerprint density at radius 2 is 2.46 bits per heavy atom. The second-order valence-corrected chi connectivity index (χ2v) is 5.20. The molecule has 0 saturated carbocycles. The molecule has 0 aliphatic carbocycles. The standard InChI is InChI=1S/C9H20N2OS/c1-8-6-11(3-4-13-8)7-9(12)5-10-2/h8-10,12H,3-7H2,1-2H3. The molecule has 1 rings (SSSR count). The highest BCUT2D eigenvalue weighted by Gasteiger charge is 2.18. The van der Waals surface area contributed by atoms with Crippen molar-refractivity contribution >= 4 is 11.8 Å². The molecule has 0 aromatic heterocycles. The van der Waals surface area contributed by atoms with Gasteiger partial charge in [-0.25, -0.2) is 0 Å². The zero-order valence-electron chi connectivity index (χ0n) is 8.49. The van der Waals surface area contributed by atoms with Crippen LogP contribution in [0.15, 0.2) is 0 Å². The van der Waals surface area contributed by atoms with Crippen LogP contribution in [0.5, 0.6) is 0 Å². The lowest BCUT2D eigenvalue weighted by Gasteiger charge is -2.31. The number of β-amino-alcohol motifs (C(OH)–C–C–N with tert-alkyl or cyclic N) is 1. The fourth-order valence-corrected chi connectivity index (χ4v) is 2.74. The summed E-state index contributed by atoms with van der Waals surface area (Å²) < 4.78 is 0. The molecular formula is C9H20N2OS. The zero-order valence-corrected chi connectivity index (χ0v) is 9.31. The number of nitrogens with zero attached hydrogens (tertiary/aromatic N) is 1. The topological polar surface area (TPSA) is 35.5 Å². The molecule has 0 aromatic rings. The third kappa shape index (κ3) is 4.31. The highest BCUT2D eigenvalue weighted by Crippen LogP contribution is 2.17. The minimum Gasteiger partial charge on any atom is -0.390 e. The Morgan fingerprint density at radius 1 is 1.69 bits per heavy atom. The van der Waals surface area contributed by atoms with Gasteiger partial charge < -0.3 is 10.4 Å². The van der Waals surface area contributed by atoms with Gasteiger partial charge >= 0.3 is 0 Å². The molecule has 0 spiro atoms. The first-order valence-corrected chi connectivity index (χ1v) is 5.94. The molecule has 0 bridgehead atoms. The molecule has 2 atom stereocenters. The van der Waals surface area contributed by atoms with Gasteiger partial charge in [-0.2, -0.15) is 11.8 Å². The summed E-state index contributed by atoms with van der Waals surface area (Å²) in [6, 6.07) is 0. The highest BCUT2D eigenvalue weighted by atomic mass is 32.2. The summed E-state index contributed by atoms with van der Waals surface area (Å²) in [5, 5.41) is 13.3. The third-order valence-electron chi connectivity index (χ3n) is 2.23. The summed E-state index contributed by atoms with van der Waals surface area (Å²) in [5.41, 5.74) is 0. The van der Waals surface area contributed by atoms with Crippen LogP contribution in [0.1, 0.15) is 6.92 Å². The molecule has 2 N–H and O–H groups in total. The van der Waals surface area contributed by atoms with E-state index in [0.717, 1.165) is 24.9 Å². The van der Waals surface area contributed by atoms with Gasteiger partial charge in [-0.05, 0) is 7.05 Å². The van der Waals surface area contributed by atoms with E-state index in [1.165, 1.54) is 5.75 Å². The van der Waals surface area contributed by atoms with E-state index >= 15 is 0 Å². The lowest BCUT2D eigenvalue weighted by Crippen LogP contribution is -2.43. The van der Waals surface area contributed by atoms with Gasteiger partial charge in [-0.15, -0.1) is 0 Å². The van der Waals surface area contributed by atoms with Crippen molar-refractivity contribution in [2.24, 2.45) is 0 Å². The van der Waals surface area contributed by atoms with E-state index in [-0.39, 0.29) is 6.10 Å². The van der Waals surface area contributed by atoms with Crippen molar-refractivity contribution in [1.82, 2.24) is 10.2 Å². The van der Waals surface area contributed by atoms with Crippen LogP contribution in [-0.2, 0) is 0 Å². The molecule has 0 amide bonds. The minimum atomic E-state index is -0.222. The van der Waals surface area contributed by atoms with Crippen molar-refractivity contribution in [1.29, 1.82) is 0 Å². The van der Waals surface area contributed by atoms with Gasteiger partial charge in [0.25, 0.3) is 0 Å². The zero-order chi connectivity index (χ0) is 9.68. The van der Waals surface area contributed by atoms with Gasteiger partial charge in [0.05, 0.1) is 6.10 Å². The molecule has 1 heterocycles. The predicted octanol–water partition coefficient (Wildman–Crippen LogP) is 0.00400. The van der Waals surface area contributed by atoms with Gasteiger partial charge in [0, 0.05) is 37.2 Å². The Labute approximate surface area is 84.9 Å². The van der Waals surface area contributed by atoms with Crippen molar-refractivity contribution in [2.75, 3.05) is 39.0 Å². The average molecular weight is 204 g/mol. The molecule has 1 aliphatic rings. The Kier molecular flexibility index (Phi) is 5.09. The van der Waals surface area contributed by atoms with E-state index in [1.54, 1.807) is 0 Å². The monoisotopic (exact) mass is 204 g/mol. The predicted molar refractivity (Wildman–Crippen MR) is 58.3 cm³/mol. The molecule has 2 unspecified atom stereocenters. The van der Waals surface area contributed by atoms with E-state index < -0.39 is 0 Å². The number of hydrogen-bond acceptors (Lipinski definition) is 4. The lowest BCUT2D eigenvalue weighted by molar-refractivity contribution is 0.115. The quantitative estimate of drug-likeness (QED) is 0.676. The minimum absolute atomic E-state index is 0.222. The van der Waals surface area contributed by atoms with Crippen LogP contribution < -0.4 is 5.32 Å². The normalized spacial score (nSPS) is 27.5. The smallest absolute Gasteiger partial charge is 0.0791 e. The molecule has 13 heavy (non-hydrogen) atoms. The van der Waals surface area contributed by atoms with Crippen LogP contribution in [0.3, 0.4) is 0 Å². The van der Waals surface area contributed by atoms with Crippen molar-refractivity contribution < 1.29 is 5.11 Å². The first kappa shape index (κ1) is 11.3. The summed E-state index contributed by atoms with van der Waals surface area (Å²) >= 11 is 2.02. The first-order chi connectivity index (χ1) is 6.22. The first-order valence-electron chi connectivity index (χ1n) is 4.89. The van der Waals surface area contributed by atoms with Crippen LogP contribution in [0.25, 0.3) is 0 Å². The maximum absolute atomic E-state index is 9.58. The van der Waals surface area contributed by atoms with E-state index in [4.69, 9.17) is 0 Å². The van der Waals surface area contributed by atoms with Gasteiger partial charge in [-0.1, -0.05) is 6.92 Å². The van der Waals surface area contributed by atoms with Crippen molar-refractivity contribution in [3.8, 4) is 0 Å². The van der Waals surface area contributed by atoms with Crippen molar-refractivity contribution in [2.45, 2.75) is 18.3 Å². The van der Waals surface area contributed by atoms with Crippen LogP contribution in [-0.4, -0.2) is 60.3 Å². The number of rotatable bonds is 4. The summed E-state index contributed by atoms with van der Waals surface area (Å²) in [6.07, 6.45) is -0.222. The fourth-order valence-electron chi connectivity index (χ4n) is 1.65. The van der Waals surface area contributed by atoms with Crippen LogP contribution >= 0.6 is 11.8 Å². The van der Waals surface area contributed by atoms with Gasteiger partial charge in [0.2, 0.25) is 0 Å². The fraction of sp³-hybridized carbons (Fsp3) is 1.00. The number of nitrogens with one attached hydrogen (secondary N) is 1. The molecule has 4 heteroatoms. The van der Waals surface area contributed by atoms with Crippen molar-refractivity contribution in [3.05, 3.63) is 0 Å².